The van der Waals surface area contributed by atoms with E-state index in [1.807, 2.05) is 37.2 Å². The Hall–Kier alpha value is -2.70. The van der Waals surface area contributed by atoms with Crippen molar-refractivity contribution in [3.8, 4) is 0 Å². The lowest BCUT2D eigenvalue weighted by Gasteiger charge is -2.40. The van der Waals surface area contributed by atoms with Crippen molar-refractivity contribution in [1.82, 2.24) is 24.3 Å². The van der Waals surface area contributed by atoms with Crippen LogP contribution < -0.4 is 0 Å². The van der Waals surface area contributed by atoms with Crippen LogP contribution in [0.25, 0.3) is 0 Å². The summed E-state index contributed by atoms with van der Waals surface area (Å²) in [6.45, 7) is 6.97. The molecule has 0 spiro atoms. The van der Waals surface area contributed by atoms with Crippen LogP contribution in [0.2, 0.25) is 0 Å². The van der Waals surface area contributed by atoms with Crippen molar-refractivity contribution in [1.29, 1.82) is 0 Å². The summed E-state index contributed by atoms with van der Waals surface area (Å²) in [6, 6.07) is 3.59. The fourth-order valence-corrected chi connectivity index (χ4v) is 4.60. The molecule has 1 atom stereocenters. The number of carbonyl (C=O) groups excluding carboxylic acids is 2. The molecular weight excluding hydrogens is 366 g/mol. The van der Waals surface area contributed by atoms with E-state index in [1.165, 1.54) is 0 Å². The van der Waals surface area contributed by atoms with Crippen molar-refractivity contribution in [2.45, 2.75) is 45.7 Å². The van der Waals surface area contributed by atoms with Crippen LogP contribution in [0.4, 0.5) is 0 Å². The first kappa shape index (κ1) is 19.6. The van der Waals surface area contributed by atoms with E-state index in [-0.39, 0.29) is 23.8 Å². The van der Waals surface area contributed by atoms with Crippen molar-refractivity contribution in [3.63, 3.8) is 0 Å². The maximum Gasteiger partial charge on any atom is 0.255 e. The Morgan fingerprint density at radius 2 is 1.90 bits per heavy atom. The molecule has 1 saturated heterocycles. The van der Waals surface area contributed by atoms with Gasteiger partial charge in [-0.15, -0.1) is 0 Å². The predicted octanol–water partition coefficient (Wildman–Crippen LogP) is 2.76. The highest BCUT2D eigenvalue weighted by Crippen LogP contribution is 2.37. The fourth-order valence-electron chi connectivity index (χ4n) is 4.60. The number of aryl methyl sites for hydroxylation is 1. The molecule has 0 aromatic carbocycles. The van der Waals surface area contributed by atoms with E-state index in [0.29, 0.717) is 24.6 Å². The second kappa shape index (κ2) is 8.35. The third-order valence-corrected chi connectivity index (χ3v) is 6.10. The van der Waals surface area contributed by atoms with Gasteiger partial charge in [0.25, 0.3) is 5.91 Å². The molecule has 4 rings (SSSR count). The summed E-state index contributed by atoms with van der Waals surface area (Å²) in [5, 5.41) is 0. The highest BCUT2D eigenvalue weighted by atomic mass is 16.2. The minimum absolute atomic E-state index is 0.0157. The lowest BCUT2D eigenvalue weighted by Crippen LogP contribution is -2.46. The number of piperidine rings is 1. The number of aromatic nitrogens is 3. The molecule has 2 amide bonds. The largest absolute Gasteiger partial charge is 0.339 e. The van der Waals surface area contributed by atoms with Gasteiger partial charge in [-0.1, -0.05) is 13.8 Å². The van der Waals surface area contributed by atoms with Gasteiger partial charge < -0.3 is 14.4 Å². The fraction of sp³-hybridized carbons (Fsp3) is 0.545. The number of pyridine rings is 1. The molecule has 2 aliphatic rings. The zero-order chi connectivity index (χ0) is 20.4. The maximum atomic E-state index is 13.0. The number of imidazole rings is 1. The van der Waals surface area contributed by atoms with Crippen molar-refractivity contribution in [3.05, 3.63) is 48.3 Å². The lowest BCUT2D eigenvalue weighted by atomic mass is 9.87. The number of hydrogen-bond donors (Lipinski definition) is 0. The molecule has 1 fully saturated rings. The minimum atomic E-state index is -0.0359. The zero-order valence-corrected chi connectivity index (χ0v) is 17.2. The number of carbonyl (C=O) groups is 2. The molecule has 0 radical (unpaired) electrons. The molecule has 0 N–H and O–H groups in total. The topological polar surface area (TPSA) is 71.3 Å². The van der Waals surface area contributed by atoms with E-state index >= 15 is 0 Å². The lowest BCUT2D eigenvalue weighted by molar-refractivity contribution is -0.138. The minimum Gasteiger partial charge on any atom is -0.339 e. The SMILES string of the molecule is CC(C)C(=O)N1CCCn2ccnc2C1C1CCN(C(=O)c2cccnc2)CC1. The van der Waals surface area contributed by atoms with Crippen molar-refractivity contribution in [2.24, 2.45) is 11.8 Å². The van der Waals surface area contributed by atoms with Gasteiger partial charge in [0.15, 0.2) is 0 Å². The van der Waals surface area contributed by atoms with Gasteiger partial charge in [0.2, 0.25) is 5.91 Å². The first-order valence-corrected chi connectivity index (χ1v) is 10.6. The van der Waals surface area contributed by atoms with Crippen LogP contribution in [0.5, 0.6) is 0 Å². The van der Waals surface area contributed by atoms with Gasteiger partial charge in [-0.05, 0) is 37.3 Å². The smallest absolute Gasteiger partial charge is 0.255 e. The van der Waals surface area contributed by atoms with E-state index in [0.717, 1.165) is 38.2 Å². The summed E-state index contributed by atoms with van der Waals surface area (Å²) in [6.07, 6.45) is 9.84. The highest BCUT2D eigenvalue weighted by molar-refractivity contribution is 5.93. The summed E-state index contributed by atoms with van der Waals surface area (Å²) in [5.41, 5.74) is 0.632. The number of likely N-dealkylation sites (tertiary alicyclic amines) is 1. The number of nitrogens with zero attached hydrogens (tertiary/aromatic N) is 5. The van der Waals surface area contributed by atoms with E-state index < -0.39 is 0 Å². The second-order valence-electron chi connectivity index (χ2n) is 8.33. The monoisotopic (exact) mass is 395 g/mol. The Morgan fingerprint density at radius 3 is 2.59 bits per heavy atom. The van der Waals surface area contributed by atoms with Gasteiger partial charge in [0, 0.05) is 56.9 Å². The molecule has 2 aromatic rings. The van der Waals surface area contributed by atoms with Crippen LogP contribution in [0.3, 0.4) is 0 Å². The Morgan fingerprint density at radius 1 is 1.10 bits per heavy atom. The van der Waals surface area contributed by atoms with Gasteiger partial charge >= 0.3 is 0 Å². The Bertz CT molecular complexity index is 855. The summed E-state index contributed by atoms with van der Waals surface area (Å²) in [7, 11) is 0. The molecule has 2 aromatic heterocycles. The molecule has 7 nitrogen and oxygen atoms in total. The summed E-state index contributed by atoms with van der Waals surface area (Å²) in [5.74, 6) is 1.49. The summed E-state index contributed by atoms with van der Waals surface area (Å²) < 4.78 is 2.20. The van der Waals surface area contributed by atoms with Gasteiger partial charge in [-0.25, -0.2) is 4.98 Å². The zero-order valence-electron chi connectivity index (χ0n) is 17.2. The first-order valence-electron chi connectivity index (χ1n) is 10.6. The van der Waals surface area contributed by atoms with E-state index in [2.05, 4.69) is 19.4 Å². The first-order chi connectivity index (χ1) is 14.1. The van der Waals surface area contributed by atoms with Crippen molar-refractivity contribution in [2.75, 3.05) is 19.6 Å². The van der Waals surface area contributed by atoms with E-state index in [9.17, 15) is 9.59 Å². The van der Waals surface area contributed by atoms with Crippen molar-refractivity contribution >= 4 is 11.8 Å². The molecule has 0 aliphatic carbocycles. The van der Waals surface area contributed by atoms with Gasteiger partial charge in [0.05, 0.1) is 11.6 Å². The standard InChI is InChI=1S/C22H29N5O2/c1-16(2)21(28)27-11-4-10-25-14-9-24-20(25)19(27)17-6-12-26(13-7-17)22(29)18-5-3-8-23-15-18/h3,5,8-9,14-17,19H,4,6-7,10-13H2,1-2H3. The van der Waals surface area contributed by atoms with Gasteiger partial charge in [0.1, 0.15) is 5.82 Å². The molecule has 29 heavy (non-hydrogen) atoms. The third kappa shape index (κ3) is 3.91. The van der Waals surface area contributed by atoms with Crippen LogP contribution in [-0.2, 0) is 11.3 Å². The second-order valence-corrected chi connectivity index (χ2v) is 8.33. The molecule has 7 heteroatoms. The number of rotatable bonds is 3. The molecule has 0 saturated carbocycles. The quantitative estimate of drug-likeness (QED) is 0.801. The van der Waals surface area contributed by atoms with Crippen LogP contribution in [0, 0.1) is 11.8 Å². The van der Waals surface area contributed by atoms with Crippen LogP contribution in [-0.4, -0.2) is 55.8 Å². The van der Waals surface area contributed by atoms with Crippen LogP contribution >= 0.6 is 0 Å². The molecular formula is C22H29N5O2. The molecule has 4 heterocycles. The number of fused-ring (bicyclic) bond motifs is 1. The highest BCUT2D eigenvalue weighted by Gasteiger charge is 2.39. The number of hydrogen-bond acceptors (Lipinski definition) is 4. The normalized spacial score (nSPS) is 20.4. The summed E-state index contributed by atoms with van der Waals surface area (Å²) in [4.78, 5) is 38.4. The van der Waals surface area contributed by atoms with Gasteiger partial charge in [-0.2, -0.15) is 0 Å². The molecule has 2 aliphatic heterocycles. The molecule has 1 unspecified atom stereocenters. The van der Waals surface area contributed by atoms with Gasteiger partial charge in [-0.3, -0.25) is 14.6 Å². The van der Waals surface area contributed by atoms with Crippen LogP contribution in [0.15, 0.2) is 36.9 Å². The predicted molar refractivity (Wildman–Crippen MR) is 109 cm³/mol. The molecule has 0 bridgehead atoms. The Balaban J connectivity index is 1.53. The summed E-state index contributed by atoms with van der Waals surface area (Å²) >= 11 is 0. The van der Waals surface area contributed by atoms with Crippen LogP contribution in [0.1, 0.15) is 55.3 Å². The van der Waals surface area contributed by atoms with E-state index in [1.54, 1.807) is 18.5 Å². The van der Waals surface area contributed by atoms with Crippen molar-refractivity contribution < 1.29 is 9.59 Å². The third-order valence-electron chi connectivity index (χ3n) is 6.10. The van der Waals surface area contributed by atoms with E-state index in [4.69, 9.17) is 0 Å². The number of amides is 2. The average Bonchev–Trinajstić information content (AvgIpc) is 3.13. The Kier molecular flexibility index (Phi) is 5.65. The Labute approximate surface area is 171 Å². The maximum absolute atomic E-state index is 13.0. The molecule has 154 valence electrons. The average molecular weight is 396 g/mol.